The van der Waals surface area contributed by atoms with Crippen molar-refractivity contribution < 1.29 is 19.8 Å². The van der Waals surface area contributed by atoms with Crippen molar-refractivity contribution in [3.8, 4) is 28.1 Å². The normalized spacial score (nSPS) is 21.8. The average Bonchev–Trinajstić information content (AvgIpc) is 3.61. The summed E-state index contributed by atoms with van der Waals surface area (Å²) in [5, 5.41) is 36.2. The Morgan fingerprint density at radius 3 is 2.64 bits per heavy atom. The first kappa shape index (κ1) is 31.4. The van der Waals surface area contributed by atoms with Crippen molar-refractivity contribution in [2.45, 2.75) is 77.6 Å². The van der Waals surface area contributed by atoms with Crippen molar-refractivity contribution in [2.75, 3.05) is 31.9 Å². The monoisotopic (exact) mass is 604 g/mol. The van der Waals surface area contributed by atoms with Crippen LogP contribution in [0.25, 0.3) is 22.4 Å². The third-order valence-electron chi connectivity index (χ3n) is 8.68. The molecule has 1 aromatic carbocycles. The van der Waals surface area contributed by atoms with Crippen LogP contribution in [0.5, 0.6) is 5.75 Å². The number of benzene rings is 1. The Labute approximate surface area is 258 Å². The van der Waals surface area contributed by atoms with Gasteiger partial charge in [-0.3, -0.25) is 14.3 Å². The highest BCUT2D eigenvalue weighted by molar-refractivity contribution is 5.88. The number of phenols is 1. The Kier molecular flexibility index (Phi) is 9.21. The number of nitrogen functional groups attached to an aromatic ring is 1. The number of likely N-dealkylation sites (tertiary alicyclic amines) is 2. The van der Waals surface area contributed by atoms with Gasteiger partial charge in [0.15, 0.2) is 5.82 Å². The molecule has 1 unspecified atom stereocenters. The molecule has 0 radical (unpaired) electrons. The number of aromatic hydroxyl groups is 1. The van der Waals surface area contributed by atoms with Gasteiger partial charge in [-0.1, -0.05) is 32.9 Å². The second-order valence-corrected chi connectivity index (χ2v) is 13.2. The summed E-state index contributed by atoms with van der Waals surface area (Å²) in [4.78, 5) is 30.4. The van der Waals surface area contributed by atoms with Gasteiger partial charge in [0, 0.05) is 55.0 Å². The second kappa shape index (κ2) is 12.9. The van der Waals surface area contributed by atoms with Crippen molar-refractivity contribution in [3.05, 3.63) is 42.7 Å². The average molecular weight is 605 g/mol. The minimum absolute atomic E-state index is 0.0575. The number of anilines is 1. The number of phenolic OH excluding ortho intramolecular Hbond substituents is 1. The lowest BCUT2D eigenvalue weighted by Crippen LogP contribution is -2.55. The largest absolute Gasteiger partial charge is 0.507 e. The van der Waals surface area contributed by atoms with E-state index in [1.54, 1.807) is 29.3 Å². The molecule has 2 aliphatic rings. The molecule has 0 aliphatic carbocycles. The smallest absolute Gasteiger partial charge is 0.246 e. The Hall–Kier alpha value is -4.03. The number of rotatable bonds is 8. The molecule has 2 saturated heterocycles. The van der Waals surface area contributed by atoms with E-state index in [9.17, 15) is 19.8 Å². The van der Waals surface area contributed by atoms with E-state index >= 15 is 0 Å². The molecule has 2 aromatic heterocycles. The van der Waals surface area contributed by atoms with Gasteiger partial charge in [-0.25, -0.2) is 0 Å². The Morgan fingerprint density at radius 1 is 1.16 bits per heavy atom. The zero-order valence-corrected chi connectivity index (χ0v) is 26.0. The van der Waals surface area contributed by atoms with Crippen molar-refractivity contribution in [3.63, 3.8) is 0 Å². The first-order valence-corrected chi connectivity index (χ1v) is 15.4. The number of nitrogens with zero attached hydrogens (tertiary/aromatic N) is 6. The van der Waals surface area contributed by atoms with Crippen molar-refractivity contribution in [1.82, 2.24) is 35.1 Å². The fourth-order valence-electron chi connectivity index (χ4n) is 6.20. The van der Waals surface area contributed by atoms with Crippen LogP contribution in [0.2, 0.25) is 0 Å². The van der Waals surface area contributed by atoms with Crippen LogP contribution in [-0.2, 0) is 9.59 Å². The fourth-order valence-corrected chi connectivity index (χ4v) is 6.20. The number of nitrogens with two attached hydrogens (primary N) is 1. The number of aliphatic hydroxyl groups is 1. The predicted octanol–water partition coefficient (Wildman–Crippen LogP) is 2.83. The molecule has 2 fully saturated rings. The SMILES string of the molecule is C[C@@H]1C[C@@H](O)CN1C(=O)[C@@H](NC(=O)CCN1CCCC(n2cc(-c3cc(-c4ccccc4O)nnc3N)cn2)C1)C(C)(C)C. The lowest BCUT2D eigenvalue weighted by molar-refractivity contribution is -0.140. The Bertz CT molecular complexity index is 1480. The minimum atomic E-state index is -0.666. The maximum atomic E-state index is 13.4. The van der Waals surface area contributed by atoms with Gasteiger partial charge in [0.1, 0.15) is 11.8 Å². The maximum Gasteiger partial charge on any atom is 0.246 e. The molecule has 0 saturated carbocycles. The lowest BCUT2D eigenvalue weighted by Gasteiger charge is -2.35. The second-order valence-electron chi connectivity index (χ2n) is 13.2. The number of β-amino-alcohol motifs (C(OH)–C–C–N with tert-alkyl or cyclic N) is 1. The summed E-state index contributed by atoms with van der Waals surface area (Å²) in [6, 6.07) is 8.17. The van der Waals surface area contributed by atoms with Crippen LogP contribution in [0.3, 0.4) is 0 Å². The zero-order valence-electron chi connectivity index (χ0n) is 26.0. The van der Waals surface area contributed by atoms with E-state index in [1.165, 1.54) is 0 Å². The number of hydrogen-bond acceptors (Lipinski definition) is 9. The number of carbonyl (C=O) groups is 2. The molecule has 0 spiro atoms. The van der Waals surface area contributed by atoms with Crippen LogP contribution in [0.15, 0.2) is 42.7 Å². The van der Waals surface area contributed by atoms with Gasteiger partial charge in [-0.2, -0.15) is 5.10 Å². The fraction of sp³-hybridized carbons (Fsp3) is 0.531. The van der Waals surface area contributed by atoms with Crippen LogP contribution >= 0.6 is 0 Å². The standard InChI is InChI=1S/C32H44N8O4/c1-20-14-23(41)19-39(20)31(44)29(32(2,3)4)35-28(43)11-13-38-12-7-8-22(18-38)40-17-21(16-34-40)25-15-26(36-37-30(25)33)24-9-5-6-10-27(24)42/h5-6,9-10,15-17,20,22-23,29,41-42H,7-8,11-14,18-19H2,1-4H3,(H2,33,37)(H,35,43)/t20-,22?,23-,29-/m1/s1. The molecule has 236 valence electrons. The molecule has 4 heterocycles. The molecule has 12 nitrogen and oxygen atoms in total. The molecule has 3 aromatic rings. The maximum absolute atomic E-state index is 13.4. The van der Waals surface area contributed by atoms with E-state index in [0.717, 1.165) is 31.5 Å². The highest BCUT2D eigenvalue weighted by Crippen LogP contribution is 2.33. The van der Waals surface area contributed by atoms with E-state index < -0.39 is 17.6 Å². The molecule has 4 atom stereocenters. The van der Waals surface area contributed by atoms with Crippen LogP contribution < -0.4 is 11.1 Å². The quantitative estimate of drug-likeness (QED) is 0.303. The number of aliphatic hydroxyl groups excluding tert-OH is 1. The molecule has 0 bridgehead atoms. The Morgan fingerprint density at radius 2 is 1.93 bits per heavy atom. The topological polar surface area (TPSA) is 163 Å². The summed E-state index contributed by atoms with van der Waals surface area (Å²) in [6.45, 7) is 10.3. The zero-order chi connectivity index (χ0) is 31.6. The van der Waals surface area contributed by atoms with E-state index in [-0.39, 0.29) is 41.9 Å². The van der Waals surface area contributed by atoms with Crippen molar-refractivity contribution in [2.24, 2.45) is 5.41 Å². The molecule has 44 heavy (non-hydrogen) atoms. The summed E-state index contributed by atoms with van der Waals surface area (Å²) in [7, 11) is 0. The van der Waals surface area contributed by atoms with Crippen LogP contribution in [0, 0.1) is 5.41 Å². The lowest BCUT2D eigenvalue weighted by atomic mass is 9.85. The van der Waals surface area contributed by atoms with Crippen LogP contribution in [0.1, 0.15) is 59.4 Å². The highest BCUT2D eigenvalue weighted by Gasteiger charge is 2.40. The molecule has 12 heteroatoms. The van der Waals surface area contributed by atoms with Crippen LogP contribution in [0.4, 0.5) is 5.82 Å². The molecule has 5 rings (SSSR count). The van der Waals surface area contributed by atoms with Crippen molar-refractivity contribution >= 4 is 17.6 Å². The van der Waals surface area contributed by atoms with Gasteiger partial charge in [0.05, 0.1) is 24.0 Å². The molecular formula is C32H44N8O4. The predicted molar refractivity (Wildman–Crippen MR) is 167 cm³/mol. The summed E-state index contributed by atoms with van der Waals surface area (Å²) in [5.41, 5.74) is 8.31. The first-order chi connectivity index (χ1) is 20.9. The number of nitrogens with one attached hydrogen (secondary N) is 1. The number of para-hydroxylation sites is 1. The van der Waals surface area contributed by atoms with Crippen molar-refractivity contribution in [1.29, 1.82) is 0 Å². The molecular weight excluding hydrogens is 560 g/mol. The number of carbonyl (C=O) groups excluding carboxylic acids is 2. The first-order valence-electron chi connectivity index (χ1n) is 15.4. The number of aromatic nitrogens is 4. The van der Waals surface area contributed by atoms with E-state index in [2.05, 4.69) is 25.5 Å². The van der Waals surface area contributed by atoms with E-state index in [1.807, 2.05) is 50.7 Å². The van der Waals surface area contributed by atoms with Crippen LogP contribution in [-0.4, -0.2) is 96.2 Å². The molecule has 2 aliphatic heterocycles. The third-order valence-corrected chi connectivity index (χ3v) is 8.68. The number of piperidine rings is 1. The summed E-state index contributed by atoms with van der Waals surface area (Å²) < 4.78 is 1.95. The van der Waals surface area contributed by atoms with E-state index in [0.29, 0.717) is 36.3 Å². The Balaban J connectivity index is 1.20. The van der Waals surface area contributed by atoms with Gasteiger partial charge in [-0.15, -0.1) is 10.2 Å². The van der Waals surface area contributed by atoms with Gasteiger partial charge in [-0.05, 0) is 56.3 Å². The minimum Gasteiger partial charge on any atom is -0.507 e. The van der Waals surface area contributed by atoms with Gasteiger partial charge < -0.3 is 31.1 Å². The van der Waals surface area contributed by atoms with Gasteiger partial charge >= 0.3 is 0 Å². The highest BCUT2D eigenvalue weighted by atomic mass is 16.3. The molecule has 2 amide bonds. The number of hydrogen-bond donors (Lipinski definition) is 4. The van der Waals surface area contributed by atoms with Gasteiger partial charge in [0.2, 0.25) is 11.8 Å². The molecule has 5 N–H and O–H groups in total. The van der Waals surface area contributed by atoms with E-state index in [4.69, 9.17) is 5.73 Å². The third kappa shape index (κ3) is 7.02. The summed E-state index contributed by atoms with van der Waals surface area (Å²) in [6.07, 6.45) is 5.95. The number of amides is 2. The van der Waals surface area contributed by atoms with Gasteiger partial charge in [0.25, 0.3) is 0 Å². The summed E-state index contributed by atoms with van der Waals surface area (Å²) in [5.74, 6) is 0.100. The summed E-state index contributed by atoms with van der Waals surface area (Å²) >= 11 is 0.